The quantitative estimate of drug-likeness (QED) is 0.556. The van der Waals surface area contributed by atoms with Crippen molar-refractivity contribution in [2.24, 2.45) is 0 Å². The lowest BCUT2D eigenvalue weighted by Crippen LogP contribution is -2.25. The number of pyridine rings is 1. The molecular weight excluding hydrogens is 350 g/mol. The third kappa shape index (κ3) is 3.04. The Balaban J connectivity index is 1.55. The molecule has 130 valence electrons. The van der Waals surface area contributed by atoms with Crippen LogP contribution in [0.5, 0.6) is 0 Å². The maximum Gasteiger partial charge on any atom is 0.295 e. The Hall–Kier alpha value is -3.19. The first-order valence-corrected chi connectivity index (χ1v) is 8.81. The molecule has 0 unspecified atom stereocenters. The van der Waals surface area contributed by atoms with Crippen LogP contribution in [0.25, 0.3) is 10.2 Å². The van der Waals surface area contributed by atoms with E-state index in [-0.39, 0.29) is 23.8 Å². The monoisotopic (exact) mass is 365 g/mol. The van der Waals surface area contributed by atoms with E-state index >= 15 is 0 Å². The van der Waals surface area contributed by atoms with Crippen molar-refractivity contribution in [3.63, 3.8) is 0 Å². The fraction of sp³-hybridized carbons (Fsp3) is 0.105. The number of thiazole rings is 1. The van der Waals surface area contributed by atoms with Crippen molar-refractivity contribution in [3.05, 3.63) is 82.7 Å². The maximum absolute atomic E-state index is 12.7. The summed E-state index contributed by atoms with van der Waals surface area (Å²) in [5, 5.41) is 0.605. The molecule has 0 fully saturated rings. The Morgan fingerprint density at radius 3 is 2.77 bits per heavy atom. The van der Waals surface area contributed by atoms with Crippen molar-refractivity contribution >= 4 is 32.6 Å². The Labute approximate surface area is 152 Å². The summed E-state index contributed by atoms with van der Waals surface area (Å²) in [4.78, 5) is 30.4. The number of aromatic nitrogens is 2. The van der Waals surface area contributed by atoms with E-state index in [2.05, 4.69) is 4.98 Å². The minimum Gasteiger partial charge on any atom is -0.454 e. The van der Waals surface area contributed by atoms with E-state index in [0.29, 0.717) is 10.9 Å². The highest BCUT2D eigenvalue weighted by molar-refractivity contribution is 7.22. The zero-order valence-corrected chi connectivity index (χ0v) is 14.8. The summed E-state index contributed by atoms with van der Waals surface area (Å²) in [6.07, 6.45) is 1.68. The molecule has 0 aliphatic carbocycles. The van der Waals surface area contributed by atoms with E-state index in [0.717, 1.165) is 10.2 Å². The molecule has 0 bridgehead atoms. The molecule has 7 heteroatoms. The second-order valence-corrected chi connectivity index (χ2v) is 6.77. The van der Waals surface area contributed by atoms with Gasteiger partial charge in [0.05, 0.1) is 16.8 Å². The fourth-order valence-electron chi connectivity index (χ4n) is 2.59. The standard InChI is InChI=1S/C19H15N3O3S/c1-21(19-20-14-6-2-3-7-16(14)26-19)18(24)15-10-9-13(25-15)12-22-11-5-4-8-17(22)23/h2-11H,12H2,1H3. The molecule has 0 N–H and O–H groups in total. The molecule has 0 radical (unpaired) electrons. The number of hydrogen-bond donors (Lipinski definition) is 0. The largest absolute Gasteiger partial charge is 0.454 e. The normalized spacial score (nSPS) is 11.0. The summed E-state index contributed by atoms with van der Waals surface area (Å²) in [7, 11) is 1.67. The minimum atomic E-state index is -0.282. The third-order valence-electron chi connectivity index (χ3n) is 3.97. The number of rotatable bonds is 4. The number of fused-ring (bicyclic) bond motifs is 1. The van der Waals surface area contributed by atoms with E-state index in [4.69, 9.17) is 4.42 Å². The van der Waals surface area contributed by atoms with Crippen molar-refractivity contribution in [3.8, 4) is 0 Å². The molecular formula is C19H15N3O3S. The van der Waals surface area contributed by atoms with Crippen molar-refractivity contribution in [1.29, 1.82) is 0 Å². The van der Waals surface area contributed by atoms with Crippen LogP contribution < -0.4 is 10.5 Å². The van der Waals surface area contributed by atoms with Gasteiger partial charge in [0, 0.05) is 19.3 Å². The Morgan fingerprint density at radius 2 is 1.96 bits per heavy atom. The number of nitrogens with zero attached hydrogens (tertiary/aromatic N) is 3. The lowest BCUT2D eigenvalue weighted by Gasteiger charge is -2.11. The van der Waals surface area contributed by atoms with E-state index in [1.165, 1.54) is 26.9 Å². The van der Waals surface area contributed by atoms with Crippen LogP contribution in [0.2, 0.25) is 0 Å². The second-order valence-electron chi connectivity index (χ2n) is 5.76. The van der Waals surface area contributed by atoms with Crippen LogP contribution in [0, 0.1) is 0 Å². The molecule has 3 aromatic heterocycles. The average Bonchev–Trinajstić information content (AvgIpc) is 3.29. The van der Waals surface area contributed by atoms with Gasteiger partial charge >= 0.3 is 0 Å². The first-order chi connectivity index (χ1) is 12.6. The van der Waals surface area contributed by atoms with Crippen molar-refractivity contribution in [1.82, 2.24) is 9.55 Å². The second kappa shape index (κ2) is 6.61. The lowest BCUT2D eigenvalue weighted by molar-refractivity contribution is 0.0964. The molecule has 4 rings (SSSR count). The van der Waals surface area contributed by atoms with Gasteiger partial charge in [-0.05, 0) is 30.3 Å². The van der Waals surface area contributed by atoms with Crippen LogP contribution in [0.1, 0.15) is 16.3 Å². The molecule has 0 aliphatic rings. The Kier molecular flexibility index (Phi) is 4.14. The summed E-state index contributed by atoms with van der Waals surface area (Å²) in [5.74, 6) is 0.473. The molecule has 26 heavy (non-hydrogen) atoms. The fourth-order valence-corrected chi connectivity index (χ4v) is 3.52. The highest BCUT2D eigenvalue weighted by Crippen LogP contribution is 2.28. The molecule has 3 heterocycles. The van der Waals surface area contributed by atoms with Gasteiger partial charge in [0.15, 0.2) is 10.9 Å². The zero-order chi connectivity index (χ0) is 18.1. The molecule has 4 aromatic rings. The first-order valence-electron chi connectivity index (χ1n) is 7.99. The summed E-state index contributed by atoms with van der Waals surface area (Å²) in [6, 6.07) is 16.0. The van der Waals surface area contributed by atoms with Crippen molar-refractivity contribution in [2.75, 3.05) is 11.9 Å². The number of carbonyl (C=O) groups excluding carboxylic acids is 1. The van der Waals surface area contributed by atoms with Crippen LogP contribution in [0.4, 0.5) is 5.13 Å². The molecule has 0 saturated heterocycles. The molecule has 6 nitrogen and oxygen atoms in total. The van der Waals surface area contributed by atoms with Crippen LogP contribution in [0.15, 0.2) is 70.0 Å². The van der Waals surface area contributed by atoms with Crippen molar-refractivity contribution < 1.29 is 9.21 Å². The van der Waals surface area contributed by atoms with Gasteiger partial charge < -0.3 is 8.98 Å². The Bertz CT molecular complexity index is 1110. The molecule has 0 spiro atoms. The van der Waals surface area contributed by atoms with Gasteiger partial charge in [0.1, 0.15) is 5.76 Å². The highest BCUT2D eigenvalue weighted by atomic mass is 32.1. The van der Waals surface area contributed by atoms with Gasteiger partial charge in [0.2, 0.25) is 0 Å². The zero-order valence-electron chi connectivity index (χ0n) is 14.0. The van der Waals surface area contributed by atoms with Crippen LogP contribution >= 0.6 is 11.3 Å². The average molecular weight is 365 g/mol. The molecule has 0 atom stereocenters. The maximum atomic E-state index is 12.7. The van der Waals surface area contributed by atoms with Gasteiger partial charge in [-0.15, -0.1) is 0 Å². The van der Waals surface area contributed by atoms with Gasteiger partial charge in [-0.1, -0.05) is 29.5 Å². The van der Waals surface area contributed by atoms with Gasteiger partial charge in [-0.2, -0.15) is 0 Å². The number of hydrogen-bond acceptors (Lipinski definition) is 5. The number of benzene rings is 1. The van der Waals surface area contributed by atoms with E-state index in [9.17, 15) is 9.59 Å². The number of carbonyl (C=O) groups is 1. The number of furan rings is 1. The number of para-hydroxylation sites is 1. The third-order valence-corrected chi connectivity index (χ3v) is 5.08. The number of anilines is 1. The molecule has 1 aromatic carbocycles. The SMILES string of the molecule is CN(C(=O)c1ccc(Cn2ccccc2=O)o1)c1nc2ccccc2s1. The number of amides is 1. The molecule has 0 saturated carbocycles. The summed E-state index contributed by atoms with van der Waals surface area (Å²) < 4.78 is 8.18. The summed E-state index contributed by atoms with van der Waals surface area (Å²) >= 11 is 1.45. The van der Waals surface area contributed by atoms with Crippen LogP contribution in [0.3, 0.4) is 0 Å². The van der Waals surface area contributed by atoms with E-state index in [1.807, 2.05) is 24.3 Å². The Morgan fingerprint density at radius 1 is 1.15 bits per heavy atom. The lowest BCUT2D eigenvalue weighted by atomic mass is 10.3. The van der Waals surface area contributed by atoms with Gasteiger partial charge in [-0.25, -0.2) is 4.98 Å². The van der Waals surface area contributed by atoms with Gasteiger partial charge in [-0.3, -0.25) is 14.5 Å². The predicted octanol–water partition coefficient (Wildman–Crippen LogP) is 3.38. The smallest absolute Gasteiger partial charge is 0.295 e. The first kappa shape index (κ1) is 16.3. The topological polar surface area (TPSA) is 68.3 Å². The van der Waals surface area contributed by atoms with Crippen molar-refractivity contribution in [2.45, 2.75) is 6.54 Å². The van der Waals surface area contributed by atoms with Crippen LogP contribution in [-0.2, 0) is 6.54 Å². The summed E-state index contributed by atoms with van der Waals surface area (Å²) in [6.45, 7) is 0.276. The molecule has 0 aliphatic heterocycles. The summed E-state index contributed by atoms with van der Waals surface area (Å²) in [5.41, 5.74) is 0.735. The molecule has 1 amide bonds. The van der Waals surface area contributed by atoms with E-state index < -0.39 is 0 Å². The van der Waals surface area contributed by atoms with E-state index in [1.54, 1.807) is 37.5 Å². The predicted molar refractivity (Wildman–Crippen MR) is 101 cm³/mol. The minimum absolute atomic E-state index is 0.122. The van der Waals surface area contributed by atoms with Crippen LogP contribution in [-0.4, -0.2) is 22.5 Å². The highest BCUT2D eigenvalue weighted by Gasteiger charge is 2.20. The van der Waals surface area contributed by atoms with Gasteiger partial charge in [0.25, 0.3) is 11.5 Å².